The van der Waals surface area contributed by atoms with Crippen molar-refractivity contribution in [3.05, 3.63) is 0 Å². The Morgan fingerprint density at radius 2 is 1.62 bits per heavy atom. The van der Waals surface area contributed by atoms with E-state index in [2.05, 4.69) is 44.7 Å². The molecule has 0 atom stereocenters. The molecule has 1 saturated carbocycles. The van der Waals surface area contributed by atoms with Gasteiger partial charge in [-0.05, 0) is 42.7 Å². The largest absolute Gasteiger partial charge is 0.317 e. The van der Waals surface area contributed by atoms with Gasteiger partial charge in [-0.15, -0.1) is 0 Å². The van der Waals surface area contributed by atoms with Gasteiger partial charge in [-0.1, -0.05) is 34.6 Å². The van der Waals surface area contributed by atoms with Crippen molar-refractivity contribution < 1.29 is 8.42 Å². The Labute approximate surface area is 130 Å². The molecule has 2 aliphatic rings. The van der Waals surface area contributed by atoms with E-state index in [9.17, 15) is 8.42 Å². The molecule has 1 aliphatic carbocycles. The highest BCUT2D eigenvalue weighted by molar-refractivity contribution is 7.87. The highest BCUT2D eigenvalue weighted by Crippen LogP contribution is 2.62. The molecule has 1 saturated heterocycles. The van der Waals surface area contributed by atoms with E-state index in [-0.39, 0.29) is 16.9 Å². The Morgan fingerprint density at radius 3 is 2.05 bits per heavy atom. The maximum absolute atomic E-state index is 12.5. The SMILES string of the molecule is CCNCC1CCN(S(=O)(=O)NC2C(C)(C)C2(C)C)CC1. The molecule has 0 unspecified atom stereocenters. The van der Waals surface area contributed by atoms with Gasteiger partial charge in [0.25, 0.3) is 10.2 Å². The van der Waals surface area contributed by atoms with Crippen LogP contribution in [-0.4, -0.2) is 44.9 Å². The standard InChI is InChI=1S/C15H31N3O2S/c1-6-16-11-12-7-9-18(10-8-12)21(19,20)17-13-14(2,3)15(13,4)5/h12-13,16-17H,6-11H2,1-5H3. The van der Waals surface area contributed by atoms with Crippen LogP contribution in [0.5, 0.6) is 0 Å². The molecule has 0 aromatic carbocycles. The normalized spacial score (nSPS) is 26.9. The first-order valence-electron chi connectivity index (χ1n) is 8.11. The van der Waals surface area contributed by atoms with E-state index >= 15 is 0 Å². The van der Waals surface area contributed by atoms with Crippen LogP contribution in [0.25, 0.3) is 0 Å². The summed E-state index contributed by atoms with van der Waals surface area (Å²) in [4.78, 5) is 0. The van der Waals surface area contributed by atoms with Gasteiger partial charge in [-0.2, -0.15) is 17.4 Å². The second-order valence-electron chi connectivity index (χ2n) is 7.65. The van der Waals surface area contributed by atoms with Crippen molar-refractivity contribution in [3.63, 3.8) is 0 Å². The molecule has 0 radical (unpaired) electrons. The molecule has 2 fully saturated rings. The molecule has 2 rings (SSSR count). The van der Waals surface area contributed by atoms with Crippen LogP contribution < -0.4 is 10.0 Å². The molecule has 2 N–H and O–H groups in total. The topological polar surface area (TPSA) is 61.4 Å². The number of nitrogens with zero attached hydrogens (tertiary/aromatic N) is 1. The zero-order valence-corrected chi connectivity index (χ0v) is 14.9. The average molecular weight is 317 g/mol. The lowest BCUT2D eigenvalue weighted by atomic mass is 9.98. The van der Waals surface area contributed by atoms with Crippen LogP contribution in [0, 0.1) is 16.7 Å². The summed E-state index contributed by atoms with van der Waals surface area (Å²) in [6, 6.07) is 0.0366. The summed E-state index contributed by atoms with van der Waals surface area (Å²) in [6.07, 6.45) is 1.90. The fraction of sp³-hybridized carbons (Fsp3) is 1.00. The zero-order valence-electron chi connectivity index (χ0n) is 14.1. The van der Waals surface area contributed by atoms with Crippen molar-refractivity contribution in [2.45, 2.75) is 53.5 Å². The zero-order chi connectivity index (χ0) is 15.9. The van der Waals surface area contributed by atoms with Crippen LogP contribution in [-0.2, 0) is 10.2 Å². The highest BCUT2D eigenvalue weighted by Gasteiger charge is 2.66. The lowest BCUT2D eigenvalue weighted by Gasteiger charge is -2.31. The second-order valence-corrected chi connectivity index (χ2v) is 9.35. The predicted octanol–water partition coefficient (Wildman–Crippen LogP) is 1.58. The first-order chi connectivity index (χ1) is 9.63. The van der Waals surface area contributed by atoms with Gasteiger partial charge in [0.05, 0.1) is 0 Å². The van der Waals surface area contributed by atoms with Crippen LogP contribution in [0.3, 0.4) is 0 Å². The monoisotopic (exact) mass is 317 g/mol. The Bertz CT molecular complexity index is 451. The molecule has 124 valence electrons. The van der Waals surface area contributed by atoms with Crippen molar-refractivity contribution in [2.24, 2.45) is 16.7 Å². The summed E-state index contributed by atoms with van der Waals surface area (Å²) < 4.78 is 29.6. The summed E-state index contributed by atoms with van der Waals surface area (Å²) in [5, 5.41) is 3.35. The molecule has 5 nitrogen and oxygen atoms in total. The second kappa shape index (κ2) is 5.80. The van der Waals surface area contributed by atoms with Crippen LogP contribution >= 0.6 is 0 Å². The number of piperidine rings is 1. The van der Waals surface area contributed by atoms with E-state index in [1.165, 1.54) is 0 Å². The van der Waals surface area contributed by atoms with E-state index in [0.717, 1.165) is 25.9 Å². The number of rotatable bonds is 6. The van der Waals surface area contributed by atoms with Crippen molar-refractivity contribution in [3.8, 4) is 0 Å². The lowest BCUT2D eigenvalue weighted by Crippen LogP contribution is -2.47. The minimum absolute atomic E-state index is 0.0312. The molecule has 1 aliphatic heterocycles. The third-order valence-corrected chi connectivity index (χ3v) is 7.46. The molecule has 6 heteroatoms. The molecule has 0 aromatic heterocycles. The molecule has 0 amide bonds. The summed E-state index contributed by atoms with van der Waals surface area (Å²) in [7, 11) is -3.34. The van der Waals surface area contributed by atoms with Gasteiger partial charge in [0.15, 0.2) is 0 Å². The third-order valence-electron chi connectivity index (χ3n) is 5.88. The van der Waals surface area contributed by atoms with Gasteiger partial charge in [0.2, 0.25) is 0 Å². The Balaban J connectivity index is 1.88. The van der Waals surface area contributed by atoms with Gasteiger partial charge in [-0.3, -0.25) is 0 Å². The van der Waals surface area contributed by atoms with Crippen LogP contribution in [0.15, 0.2) is 0 Å². The van der Waals surface area contributed by atoms with Gasteiger partial charge in [0, 0.05) is 19.1 Å². The smallest absolute Gasteiger partial charge is 0.279 e. The minimum atomic E-state index is -3.34. The fourth-order valence-corrected chi connectivity index (χ4v) is 5.14. The van der Waals surface area contributed by atoms with E-state index in [1.54, 1.807) is 4.31 Å². The maximum atomic E-state index is 12.5. The lowest BCUT2D eigenvalue weighted by molar-refractivity contribution is 0.265. The van der Waals surface area contributed by atoms with Gasteiger partial charge in [0.1, 0.15) is 0 Å². The third kappa shape index (κ3) is 3.28. The summed E-state index contributed by atoms with van der Waals surface area (Å²) >= 11 is 0. The first kappa shape index (κ1) is 17.2. The fourth-order valence-electron chi connectivity index (χ4n) is 3.42. The average Bonchev–Trinajstić information content (AvgIpc) is 2.79. The predicted molar refractivity (Wildman–Crippen MR) is 86.2 cm³/mol. The van der Waals surface area contributed by atoms with Crippen molar-refractivity contribution in [2.75, 3.05) is 26.2 Å². The number of hydrogen-bond donors (Lipinski definition) is 2. The van der Waals surface area contributed by atoms with E-state index < -0.39 is 10.2 Å². The number of nitrogens with one attached hydrogen (secondary N) is 2. The van der Waals surface area contributed by atoms with Gasteiger partial charge < -0.3 is 5.32 Å². The van der Waals surface area contributed by atoms with Gasteiger partial charge >= 0.3 is 0 Å². The quantitative estimate of drug-likeness (QED) is 0.782. The molecule has 0 bridgehead atoms. The molecular formula is C15H31N3O2S. The van der Waals surface area contributed by atoms with Crippen molar-refractivity contribution >= 4 is 10.2 Å². The molecule has 21 heavy (non-hydrogen) atoms. The Morgan fingerprint density at radius 1 is 1.10 bits per heavy atom. The van der Waals surface area contributed by atoms with E-state index in [4.69, 9.17) is 0 Å². The maximum Gasteiger partial charge on any atom is 0.279 e. The highest BCUT2D eigenvalue weighted by atomic mass is 32.2. The molecule has 0 spiro atoms. The Hall–Kier alpha value is -0.170. The van der Waals surface area contributed by atoms with Gasteiger partial charge in [-0.25, -0.2) is 0 Å². The van der Waals surface area contributed by atoms with Crippen LogP contribution in [0.4, 0.5) is 0 Å². The summed E-state index contributed by atoms with van der Waals surface area (Å²) in [6.45, 7) is 13.9. The minimum Gasteiger partial charge on any atom is -0.317 e. The molecule has 0 aromatic rings. The van der Waals surface area contributed by atoms with Crippen molar-refractivity contribution in [1.29, 1.82) is 0 Å². The number of hydrogen-bond acceptors (Lipinski definition) is 3. The Kier molecular flexibility index (Phi) is 4.74. The van der Waals surface area contributed by atoms with E-state index in [1.807, 2.05) is 0 Å². The summed E-state index contributed by atoms with van der Waals surface area (Å²) in [5.41, 5.74) is 0.0624. The van der Waals surface area contributed by atoms with E-state index in [0.29, 0.717) is 19.0 Å². The van der Waals surface area contributed by atoms with Crippen molar-refractivity contribution in [1.82, 2.24) is 14.3 Å². The molecular weight excluding hydrogens is 286 g/mol. The summed E-state index contributed by atoms with van der Waals surface area (Å²) in [5.74, 6) is 0.602. The first-order valence-corrected chi connectivity index (χ1v) is 9.55. The molecule has 1 heterocycles. The van der Waals surface area contributed by atoms with Crippen LogP contribution in [0.2, 0.25) is 0 Å². The van der Waals surface area contributed by atoms with Crippen LogP contribution in [0.1, 0.15) is 47.5 Å².